The Morgan fingerprint density at radius 2 is 1.41 bits per heavy atom. The zero-order valence-corrected chi connectivity index (χ0v) is 18.0. The topological polar surface area (TPSA) is 133 Å². The molecule has 0 aliphatic rings. The van der Waals surface area contributed by atoms with Gasteiger partial charge in [-0.3, -0.25) is 9.35 Å². The summed E-state index contributed by atoms with van der Waals surface area (Å²) in [6.45, 7) is 10.3. The van der Waals surface area contributed by atoms with E-state index in [0.717, 1.165) is 0 Å². The summed E-state index contributed by atoms with van der Waals surface area (Å²) in [6.07, 6.45) is 0.459. The van der Waals surface area contributed by atoms with Crippen molar-refractivity contribution in [3.63, 3.8) is 0 Å². The van der Waals surface area contributed by atoms with Gasteiger partial charge < -0.3 is 17.1 Å². The van der Waals surface area contributed by atoms with Crippen LogP contribution < -0.4 is 0 Å². The average molecular weight is 419 g/mol. The summed E-state index contributed by atoms with van der Waals surface area (Å²) in [5.41, 5.74) is -1.48. The third-order valence-electron chi connectivity index (χ3n) is 3.16. The largest absolute Gasteiger partial charge is 2.00 e. The number of hydrogen-bond acceptors (Lipinski definition) is 8. The number of carbonyl (C=O) groups excluding carboxylic acids is 3. The second-order valence-corrected chi connectivity index (χ2v) is 7.27. The van der Waals surface area contributed by atoms with Crippen LogP contribution >= 0.6 is 0 Å². The van der Waals surface area contributed by atoms with Gasteiger partial charge in [-0.25, -0.2) is 9.59 Å². The molecule has 0 bridgehead atoms. The minimum atomic E-state index is -4.57. The van der Waals surface area contributed by atoms with Gasteiger partial charge in [0.25, 0.3) is 0 Å². The molecule has 0 saturated heterocycles. The molecule has 11 heteroatoms. The third-order valence-corrected chi connectivity index (χ3v) is 3.57. The first-order valence-electron chi connectivity index (χ1n) is 7.62. The summed E-state index contributed by atoms with van der Waals surface area (Å²) in [6, 6.07) is 0. The maximum atomic E-state index is 12.4. The maximum Gasteiger partial charge on any atom is 2.00 e. The molecule has 0 fully saturated rings. The van der Waals surface area contributed by atoms with Crippen LogP contribution in [0.5, 0.6) is 0 Å². The third kappa shape index (κ3) is 10.5. The molecule has 0 saturated carbocycles. The van der Waals surface area contributed by atoms with Crippen LogP contribution in [0.1, 0.15) is 36.5 Å². The van der Waals surface area contributed by atoms with Crippen LogP contribution in [-0.2, 0) is 38.7 Å². The molecule has 0 aliphatic heterocycles. The average Bonchev–Trinajstić information content (AvgIpc) is 2.53. The van der Waals surface area contributed by atoms with Gasteiger partial charge in [0.15, 0.2) is 0 Å². The van der Waals surface area contributed by atoms with Gasteiger partial charge in [-0.05, 0) is 20.3 Å². The fourth-order valence-electron chi connectivity index (χ4n) is 1.82. The summed E-state index contributed by atoms with van der Waals surface area (Å²) < 4.78 is 45.0. The number of rotatable bonds is 11. The van der Waals surface area contributed by atoms with E-state index >= 15 is 0 Å². The SMILES string of the molecule is C=C(C)C(=O)OCC(CCC)(COC(=O)C(=C)C)C(=O)OCS(=O)(=O)O.[H-].[H-].[Mg+2]. The Morgan fingerprint density at radius 1 is 1.00 bits per heavy atom. The predicted molar refractivity (Wildman–Crippen MR) is 99.4 cm³/mol. The van der Waals surface area contributed by atoms with E-state index in [-0.39, 0.29) is 43.5 Å². The minimum absolute atomic E-state index is 0. The summed E-state index contributed by atoms with van der Waals surface area (Å²) in [4.78, 5) is 35.7. The van der Waals surface area contributed by atoms with Gasteiger partial charge in [0.05, 0.1) is 0 Å². The first-order valence-corrected chi connectivity index (χ1v) is 9.23. The first kappa shape index (κ1) is 27.8. The second kappa shape index (κ2) is 12.1. The van der Waals surface area contributed by atoms with Crippen molar-refractivity contribution in [2.75, 3.05) is 19.2 Å². The Morgan fingerprint density at radius 3 is 1.70 bits per heavy atom. The molecule has 0 heterocycles. The Balaban J connectivity index is -0.00000104. The van der Waals surface area contributed by atoms with Crippen molar-refractivity contribution in [3.05, 3.63) is 24.3 Å². The van der Waals surface area contributed by atoms with Gasteiger partial charge >= 0.3 is 51.1 Å². The molecule has 152 valence electrons. The molecule has 27 heavy (non-hydrogen) atoms. The molecule has 0 spiro atoms. The number of ether oxygens (including phenoxy) is 3. The Labute approximate surface area is 178 Å². The standard InChI is InChI=1S/C16H24O9S.Mg.2H/c1-6-7-16(8-23-13(17)11(2)3,9-24-14(18)12(4)5)15(19)25-10-26(20,21)22;;;/h2,4,6-10H2,1,3,5H3,(H,20,21,22);;;/q;+2;2*-1. The molecule has 0 rings (SSSR count). The van der Waals surface area contributed by atoms with Gasteiger partial charge in [-0.1, -0.05) is 26.5 Å². The molecular weight excluding hydrogens is 393 g/mol. The van der Waals surface area contributed by atoms with Gasteiger partial charge in [-0.2, -0.15) is 8.42 Å². The van der Waals surface area contributed by atoms with Crippen LogP contribution in [0.25, 0.3) is 0 Å². The van der Waals surface area contributed by atoms with Crippen LogP contribution in [0.15, 0.2) is 24.3 Å². The van der Waals surface area contributed by atoms with E-state index in [1.165, 1.54) is 13.8 Å². The second-order valence-electron chi connectivity index (χ2n) is 5.87. The van der Waals surface area contributed by atoms with E-state index < -0.39 is 52.6 Å². The van der Waals surface area contributed by atoms with Crippen molar-refractivity contribution < 1.29 is 44.4 Å². The molecular formula is C16H26MgO9S. The summed E-state index contributed by atoms with van der Waals surface area (Å²) in [5.74, 6) is -3.93. The van der Waals surface area contributed by atoms with Gasteiger partial charge in [0.1, 0.15) is 18.6 Å². The maximum absolute atomic E-state index is 12.4. The molecule has 0 atom stereocenters. The normalized spacial score (nSPS) is 11.0. The van der Waals surface area contributed by atoms with E-state index in [9.17, 15) is 22.8 Å². The Hall–Kier alpha value is -1.43. The van der Waals surface area contributed by atoms with E-state index in [2.05, 4.69) is 17.9 Å². The summed E-state index contributed by atoms with van der Waals surface area (Å²) >= 11 is 0. The molecule has 0 aromatic rings. The van der Waals surface area contributed by atoms with Crippen molar-refractivity contribution in [1.82, 2.24) is 0 Å². The zero-order valence-electron chi connectivity index (χ0n) is 17.8. The van der Waals surface area contributed by atoms with Crippen molar-refractivity contribution in [3.8, 4) is 0 Å². The van der Waals surface area contributed by atoms with Crippen LogP contribution in [0.3, 0.4) is 0 Å². The van der Waals surface area contributed by atoms with Crippen LogP contribution in [-0.4, -0.2) is 73.1 Å². The van der Waals surface area contributed by atoms with E-state index in [1.807, 2.05) is 0 Å². The zero-order chi connectivity index (χ0) is 20.5. The van der Waals surface area contributed by atoms with Crippen molar-refractivity contribution in [2.24, 2.45) is 5.41 Å². The number of hydrogen-bond donors (Lipinski definition) is 1. The fraction of sp³-hybridized carbons (Fsp3) is 0.562. The molecule has 0 aromatic heterocycles. The summed E-state index contributed by atoms with van der Waals surface area (Å²) in [5, 5.41) is 0. The monoisotopic (exact) mass is 418 g/mol. The Bertz CT molecular complexity index is 663. The summed E-state index contributed by atoms with van der Waals surface area (Å²) in [7, 11) is -4.57. The molecule has 0 amide bonds. The smallest absolute Gasteiger partial charge is 1.00 e. The van der Waals surface area contributed by atoms with E-state index in [4.69, 9.17) is 14.0 Å². The fourth-order valence-corrected chi connectivity index (χ4v) is 2.08. The van der Waals surface area contributed by atoms with Gasteiger partial charge in [-0.15, -0.1) is 0 Å². The molecule has 0 radical (unpaired) electrons. The molecule has 0 aromatic carbocycles. The van der Waals surface area contributed by atoms with E-state index in [0.29, 0.717) is 6.42 Å². The van der Waals surface area contributed by atoms with Crippen molar-refractivity contribution in [2.45, 2.75) is 33.6 Å². The van der Waals surface area contributed by atoms with Gasteiger partial charge in [0.2, 0.25) is 5.94 Å². The number of carbonyl (C=O) groups is 3. The predicted octanol–water partition coefficient (Wildman–Crippen LogP) is 1.24. The van der Waals surface area contributed by atoms with Crippen LogP contribution in [0, 0.1) is 5.41 Å². The molecule has 0 aliphatic carbocycles. The molecule has 0 unspecified atom stereocenters. The van der Waals surface area contributed by atoms with Crippen LogP contribution in [0.4, 0.5) is 0 Å². The number of esters is 3. The molecule has 1 N–H and O–H groups in total. The van der Waals surface area contributed by atoms with Crippen molar-refractivity contribution in [1.29, 1.82) is 0 Å². The van der Waals surface area contributed by atoms with Crippen molar-refractivity contribution >= 4 is 51.1 Å². The minimum Gasteiger partial charge on any atom is -1.00 e. The first-order chi connectivity index (χ1) is 11.8. The van der Waals surface area contributed by atoms with Gasteiger partial charge in [0, 0.05) is 11.1 Å². The quantitative estimate of drug-likeness (QED) is 0.173. The molecule has 9 nitrogen and oxygen atoms in total. The van der Waals surface area contributed by atoms with Crippen LogP contribution in [0.2, 0.25) is 0 Å². The Kier molecular flexibility index (Phi) is 12.5. The van der Waals surface area contributed by atoms with E-state index in [1.54, 1.807) is 6.92 Å².